The van der Waals surface area contributed by atoms with Crippen LogP contribution in [0.15, 0.2) is 47.1 Å². The Morgan fingerprint density at radius 2 is 1.79 bits per heavy atom. The first-order chi connectivity index (χ1) is 22.1. The van der Waals surface area contributed by atoms with Gasteiger partial charge < -0.3 is 15.2 Å². The summed E-state index contributed by atoms with van der Waals surface area (Å²) in [5.74, 6) is 1.13. The van der Waals surface area contributed by atoms with E-state index in [1.165, 1.54) is 6.42 Å². The molecule has 5 rings (SSSR count). The molecule has 1 amide bonds. The third-order valence-electron chi connectivity index (χ3n) is 12.9. The van der Waals surface area contributed by atoms with E-state index in [1.807, 2.05) is 6.08 Å². The molecule has 0 unspecified atom stereocenters. The van der Waals surface area contributed by atoms with Crippen LogP contribution in [0.25, 0.3) is 0 Å². The van der Waals surface area contributed by atoms with Gasteiger partial charge in [-0.15, -0.1) is 0 Å². The van der Waals surface area contributed by atoms with E-state index < -0.39 is 28.5 Å². The smallest absolute Gasteiger partial charge is 0.397 e. The molecule has 0 aliphatic heterocycles. The molecule has 0 bridgehead atoms. The number of nitrogens with one attached hydrogen (secondary N) is 1. The van der Waals surface area contributed by atoms with E-state index in [2.05, 4.69) is 33.0 Å². The van der Waals surface area contributed by atoms with Crippen LogP contribution in [-0.4, -0.2) is 43.2 Å². The van der Waals surface area contributed by atoms with Gasteiger partial charge in [-0.25, -0.2) is 8.98 Å². The van der Waals surface area contributed by atoms with Gasteiger partial charge in [-0.2, -0.15) is 8.42 Å². The normalized spacial score (nSPS) is 33.7. The molecule has 260 valence electrons. The predicted octanol–water partition coefficient (Wildman–Crippen LogP) is 7.46. The number of ether oxygens (including phenoxy) is 1. The molecule has 0 spiro atoms. The first kappa shape index (κ1) is 35.6. The van der Waals surface area contributed by atoms with Crippen molar-refractivity contribution in [3.05, 3.63) is 52.6 Å². The van der Waals surface area contributed by atoms with Crippen LogP contribution in [0.4, 0.5) is 0 Å². The van der Waals surface area contributed by atoms with Crippen molar-refractivity contribution >= 4 is 22.3 Å². The molecular formula is C37H53NO8S. The summed E-state index contributed by atoms with van der Waals surface area (Å²) in [4.78, 5) is 24.9. The van der Waals surface area contributed by atoms with Crippen LogP contribution in [0.1, 0.15) is 110 Å². The van der Waals surface area contributed by atoms with Gasteiger partial charge in [0.1, 0.15) is 5.75 Å². The number of fused-ring (bicyclic) bond motifs is 4. The average Bonchev–Trinajstić information content (AvgIpc) is 3.38. The van der Waals surface area contributed by atoms with Gasteiger partial charge in [0.2, 0.25) is 5.91 Å². The number of hydrogen-bond acceptors (Lipinski definition) is 6. The lowest BCUT2D eigenvalue weighted by Gasteiger charge is -2.58. The summed E-state index contributed by atoms with van der Waals surface area (Å²) >= 11 is 0. The molecule has 4 aliphatic rings. The van der Waals surface area contributed by atoms with Crippen LogP contribution in [0.3, 0.4) is 0 Å². The van der Waals surface area contributed by atoms with Crippen molar-refractivity contribution in [3.8, 4) is 5.75 Å². The van der Waals surface area contributed by atoms with Crippen LogP contribution in [0.2, 0.25) is 0 Å². The SMILES string of the molecule is COc1ccc([C@H](NC(=O)/C(C)=C/CC[C@@H](C)[C@H]2CCC3=C4CC[C@H]5[C@H](C)[C@@H](OS(=O)(=O)O)CC[C@]5(C)[C@H]4CC[C@@]32C)C(=O)O)cc1. The Morgan fingerprint density at radius 1 is 1.09 bits per heavy atom. The fourth-order valence-corrected chi connectivity index (χ4v) is 10.9. The van der Waals surface area contributed by atoms with Gasteiger partial charge in [-0.1, -0.05) is 57.0 Å². The van der Waals surface area contributed by atoms with E-state index in [1.54, 1.807) is 49.4 Å². The van der Waals surface area contributed by atoms with Gasteiger partial charge in [-0.05, 0) is 129 Å². The Morgan fingerprint density at radius 3 is 2.43 bits per heavy atom. The van der Waals surface area contributed by atoms with Crippen molar-refractivity contribution in [2.24, 2.45) is 40.4 Å². The Kier molecular flexibility index (Phi) is 10.4. The molecule has 0 saturated heterocycles. The first-order valence-electron chi connectivity index (χ1n) is 17.3. The Balaban J connectivity index is 1.21. The van der Waals surface area contributed by atoms with Crippen LogP contribution < -0.4 is 10.1 Å². The minimum Gasteiger partial charge on any atom is -0.497 e. The molecule has 10 heteroatoms. The minimum absolute atomic E-state index is 0.0722. The van der Waals surface area contributed by atoms with Crippen LogP contribution >= 0.6 is 0 Å². The van der Waals surface area contributed by atoms with Crippen molar-refractivity contribution in [1.29, 1.82) is 0 Å². The van der Waals surface area contributed by atoms with Gasteiger partial charge in [0.15, 0.2) is 6.04 Å². The largest absolute Gasteiger partial charge is 0.497 e. The second-order valence-electron chi connectivity index (χ2n) is 15.2. The third-order valence-corrected chi connectivity index (χ3v) is 13.4. The molecule has 47 heavy (non-hydrogen) atoms. The molecule has 1 aromatic rings. The van der Waals surface area contributed by atoms with E-state index in [0.717, 1.165) is 51.4 Å². The maximum absolute atomic E-state index is 13.0. The summed E-state index contributed by atoms with van der Waals surface area (Å²) in [5.41, 5.74) is 4.64. The molecular weight excluding hydrogens is 618 g/mol. The number of aliphatic carboxylic acids is 1. The monoisotopic (exact) mass is 671 g/mol. The zero-order valence-corrected chi connectivity index (χ0v) is 29.6. The van der Waals surface area contributed by atoms with Crippen molar-refractivity contribution in [2.45, 2.75) is 111 Å². The van der Waals surface area contributed by atoms with Crippen molar-refractivity contribution < 1.29 is 36.6 Å². The molecule has 9 nitrogen and oxygen atoms in total. The quantitative estimate of drug-likeness (QED) is 0.125. The number of carbonyl (C=O) groups is 2. The van der Waals surface area contributed by atoms with E-state index >= 15 is 0 Å². The lowest BCUT2D eigenvalue weighted by Crippen LogP contribution is -2.52. The topological polar surface area (TPSA) is 139 Å². The summed E-state index contributed by atoms with van der Waals surface area (Å²) in [7, 11) is -2.92. The summed E-state index contributed by atoms with van der Waals surface area (Å²) in [6, 6.07) is 5.52. The standard InChI is InChI=1S/C37H53NO8S/c1-22(8-7-9-23(2)34(39)38-33(35(40)41)25-10-12-26(45-6)13-11-25)28-16-17-30-27-14-15-29-24(3)32(46-47(42,43)44)19-21-37(29,5)31(27)18-20-36(28,30)4/h9-13,22,24,28-29,31-33H,7-8,14-21H2,1-6H3,(H,38,39)(H,40,41)(H,42,43,44)/b23-9+/t22-,24+,28-,29+,31+,32+,33+,36-,37+/m1/s1. The van der Waals surface area contributed by atoms with E-state index in [-0.39, 0.29) is 22.7 Å². The molecule has 3 fully saturated rings. The molecule has 1 aromatic carbocycles. The summed E-state index contributed by atoms with van der Waals surface area (Å²) in [6.07, 6.45) is 11.5. The fourth-order valence-electron chi connectivity index (χ4n) is 10.4. The number of carboxylic acid groups (broad SMARTS) is 1. The molecule has 3 N–H and O–H groups in total. The molecule has 0 heterocycles. The first-order valence-corrected chi connectivity index (χ1v) is 18.7. The molecule has 0 aromatic heterocycles. The summed E-state index contributed by atoms with van der Waals surface area (Å²) in [6.45, 7) is 11.1. The summed E-state index contributed by atoms with van der Waals surface area (Å²) < 4.78 is 42.6. The molecule has 4 aliphatic carbocycles. The number of allylic oxidation sites excluding steroid dienone is 3. The number of amides is 1. The predicted molar refractivity (Wildman–Crippen MR) is 180 cm³/mol. The van der Waals surface area contributed by atoms with Gasteiger partial charge in [0.05, 0.1) is 13.2 Å². The number of methoxy groups -OCH3 is 1. The van der Waals surface area contributed by atoms with Gasteiger partial charge in [-0.3, -0.25) is 9.35 Å². The maximum atomic E-state index is 13.0. The Bertz CT molecular complexity index is 1520. The summed E-state index contributed by atoms with van der Waals surface area (Å²) in [5, 5.41) is 12.4. The van der Waals surface area contributed by atoms with E-state index in [4.69, 9.17) is 8.92 Å². The number of hydrogen-bond donors (Lipinski definition) is 3. The van der Waals surface area contributed by atoms with E-state index in [0.29, 0.717) is 47.0 Å². The maximum Gasteiger partial charge on any atom is 0.397 e. The minimum atomic E-state index is -4.47. The molecule has 9 atom stereocenters. The highest BCUT2D eigenvalue weighted by Crippen LogP contribution is 2.66. The zero-order valence-electron chi connectivity index (χ0n) is 28.8. The molecule has 3 saturated carbocycles. The average molecular weight is 672 g/mol. The lowest BCUT2D eigenvalue weighted by atomic mass is 9.47. The third kappa shape index (κ3) is 7.06. The number of benzene rings is 1. The number of carbonyl (C=O) groups excluding carboxylic acids is 1. The highest BCUT2D eigenvalue weighted by molar-refractivity contribution is 7.80. The van der Waals surface area contributed by atoms with Gasteiger partial charge >= 0.3 is 16.4 Å². The second kappa shape index (κ2) is 13.7. The number of rotatable bonds is 11. The second-order valence-corrected chi connectivity index (χ2v) is 16.3. The van der Waals surface area contributed by atoms with Crippen LogP contribution in [0, 0.1) is 40.4 Å². The van der Waals surface area contributed by atoms with Crippen LogP contribution in [0.5, 0.6) is 5.75 Å². The van der Waals surface area contributed by atoms with Gasteiger partial charge in [0.25, 0.3) is 0 Å². The van der Waals surface area contributed by atoms with Crippen LogP contribution in [-0.2, 0) is 24.2 Å². The molecule has 0 radical (unpaired) electrons. The highest BCUT2D eigenvalue weighted by atomic mass is 32.3. The van der Waals surface area contributed by atoms with Crippen molar-refractivity contribution in [3.63, 3.8) is 0 Å². The fraction of sp³-hybridized carbons (Fsp3) is 0.676. The Hall–Kier alpha value is -2.69. The Labute approximate surface area is 280 Å². The number of carboxylic acids is 1. The van der Waals surface area contributed by atoms with E-state index in [9.17, 15) is 27.7 Å². The van der Waals surface area contributed by atoms with Crippen molar-refractivity contribution in [2.75, 3.05) is 7.11 Å². The van der Waals surface area contributed by atoms with Gasteiger partial charge in [0, 0.05) is 5.57 Å². The zero-order chi connectivity index (χ0) is 34.3. The van der Waals surface area contributed by atoms with Crippen molar-refractivity contribution in [1.82, 2.24) is 5.32 Å². The lowest BCUT2D eigenvalue weighted by molar-refractivity contribution is -0.141. The highest BCUT2D eigenvalue weighted by Gasteiger charge is 2.57.